The fraction of sp³-hybridized carbons (Fsp3) is 0.600. The first-order valence-electron chi connectivity index (χ1n) is 5.49. The Morgan fingerprint density at radius 2 is 2.32 bits per heavy atom. The van der Waals surface area contributed by atoms with Crippen LogP contribution in [0.2, 0.25) is 0 Å². The number of carbonyl (C=O) groups excluding carboxylic acids is 1. The second-order valence-electron chi connectivity index (χ2n) is 3.93. The molecule has 4 N–H and O–H groups in total. The van der Waals surface area contributed by atoms with Gasteiger partial charge in [0.15, 0.2) is 17.1 Å². The van der Waals surface area contributed by atoms with E-state index in [0.717, 1.165) is 11.3 Å². The molecule has 0 aliphatic carbocycles. The van der Waals surface area contributed by atoms with E-state index < -0.39 is 37.1 Å². The first kappa shape index (κ1) is 14.2. The van der Waals surface area contributed by atoms with Crippen LogP contribution in [0.15, 0.2) is 5.38 Å². The van der Waals surface area contributed by atoms with Gasteiger partial charge in [-0.15, -0.1) is 11.3 Å². The second-order valence-corrected chi connectivity index (χ2v) is 4.79. The Labute approximate surface area is 112 Å². The number of methoxy groups -OCH3 is 1. The first-order chi connectivity index (χ1) is 9.06. The number of aliphatic hydroxyl groups excluding tert-OH is 3. The lowest BCUT2D eigenvalue weighted by molar-refractivity contribution is -0.0153. The van der Waals surface area contributed by atoms with Gasteiger partial charge in [-0.2, -0.15) is 0 Å². The van der Waals surface area contributed by atoms with Crippen molar-refractivity contribution in [3.05, 3.63) is 11.1 Å². The maximum absolute atomic E-state index is 11.2. The summed E-state index contributed by atoms with van der Waals surface area (Å²) in [5.74, 6) is -0.564. The molecule has 4 unspecified atom stereocenters. The van der Waals surface area contributed by atoms with Crippen LogP contribution in [0, 0.1) is 0 Å². The number of thiazole rings is 1. The number of rotatable bonds is 4. The normalized spacial score (nSPS) is 30.3. The van der Waals surface area contributed by atoms with Crippen LogP contribution < -0.4 is 5.32 Å². The van der Waals surface area contributed by atoms with Gasteiger partial charge >= 0.3 is 5.97 Å². The number of aromatic nitrogens is 1. The van der Waals surface area contributed by atoms with Crippen LogP contribution in [-0.4, -0.2) is 64.5 Å². The van der Waals surface area contributed by atoms with E-state index in [2.05, 4.69) is 15.0 Å². The molecule has 0 amide bonds. The minimum atomic E-state index is -1.19. The van der Waals surface area contributed by atoms with E-state index in [1.54, 1.807) is 0 Å². The van der Waals surface area contributed by atoms with E-state index in [9.17, 15) is 15.0 Å². The Bertz CT molecular complexity index is 453. The van der Waals surface area contributed by atoms with Gasteiger partial charge in [-0.05, 0) is 0 Å². The number of esters is 1. The van der Waals surface area contributed by atoms with Crippen molar-refractivity contribution in [1.82, 2.24) is 4.98 Å². The van der Waals surface area contributed by atoms with Gasteiger partial charge in [0.25, 0.3) is 0 Å². The number of hydrogen-bond acceptors (Lipinski definition) is 9. The highest BCUT2D eigenvalue weighted by atomic mass is 32.1. The SMILES string of the molecule is COC(=O)c1csc(NC2OC(CO)C(O)C2O)n1. The lowest BCUT2D eigenvalue weighted by atomic mass is 10.1. The van der Waals surface area contributed by atoms with Crippen molar-refractivity contribution in [2.45, 2.75) is 24.5 Å². The molecule has 19 heavy (non-hydrogen) atoms. The molecule has 2 rings (SSSR count). The van der Waals surface area contributed by atoms with Crippen LogP contribution in [0.3, 0.4) is 0 Å². The molecule has 0 aromatic carbocycles. The van der Waals surface area contributed by atoms with Crippen molar-refractivity contribution < 1.29 is 29.6 Å². The van der Waals surface area contributed by atoms with Gasteiger partial charge in [0.05, 0.1) is 13.7 Å². The van der Waals surface area contributed by atoms with E-state index in [1.165, 1.54) is 12.5 Å². The summed E-state index contributed by atoms with van der Waals surface area (Å²) in [7, 11) is 1.25. The van der Waals surface area contributed by atoms with Crippen molar-refractivity contribution in [1.29, 1.82) is 0 Å². The number of hydrogen-bond donors (Lipinski definition) is 4. The van der Waals surface area contributed by atoms with Crippen molar-refractivity contribution >= 4 is 22.4 Å². The molecule has 1 saturated heterocycles. The minimum absolute atomic E-state index is 0.141. The summed E-state index contributed by atoms with van der Waals surface area (Å²) in [5.41, 5.74) is 0.141. The van der Waals surface area contributed by atoms with Gasteiger partial charge in [-0.1, -0.05) is 0 Å². The molecule has 4 atom stereocenters. The van der Waals surface area contributed by atoms with Gasteiger partial charge in [0, 0.05) is 5.38 Å². The molecule has 1 fully saturated rings. The molecular weight excluding hydrogens is 276 g/mol. The maximum atomic E-state index is 11.2. The van der Waals surface area contributed by atoms with Crippen LogP contribution in [0.25, 0.3) is 0 Å². The van der Waals surface area contributed by atoms with Crippen molar-refractivity contribution in [2.24, 2.45) is 0 Å². The molecule has 0 spiro atoms. The highest BCUT2D eigenvalue weighted by Gasteiger charge is 2.42. The number of ether oxygens (including phenoxy) is 2. The van der Waals surface area contributed by atoms with Crippen molar-refractivity contribution in [2.75, 3.05) is 19.0 Å². The van der Waals surface area contributed by atoms with Gasteiger partial charge in [0.1, 0.15) is 18.3 Å². The molecule has 0 radical (unpaired) electrons. The summed E-state index contributed by atoms with van der Waals surface area (Å²) in [4.78, 5) is 15.2. The van der Waals surface area contributed by atoms with E-state index >= 15 is 0 Å². The molecule has 106 valence electrons. The zero-order chi connectivity index (χ0) is 14.0. The quantitative estimate of drug-likeness (QED) is 0.509. The Kier molecular flexibility index (Phi) is 4.32. The second kappa shape index (κ2) is 5.80. The van der Waals surface area contributed by atoms with Gasteiger partial charge < -0.3 is 30.1 Å². The average molecular weight is 290 g/mol. The van der Waals surface area contributed by atoms with Gasteiger partial charge in [-0.3, -0.25) is 0 Å². The standard InChI is InChI=1S/C10H14N2O6S/c1-17-9(16)4-3-19-10(11-4)12-8-7(15)6(14)5(2-13)18-8/h3,5-8,13-15H,2H2,1H3,(H,11,12). The molecule has 8 nitrogen and oxygen atoms in total. The van der Waals surface area contributed by atoms with Crippen molar-refractivity contribution in [3.63, 3.8) is 0 Å². The van der Waals surface area contributed by atoms with Crippen LogP contribution in [0.4, 0.5) is 5.13 Å². The monoisotopic (exact) mass is 290 g/mol. The van der Waals surface area contributed by atoms with E-state index in [-0.39, 0.29) is 5.69 Å². The molecule has 1 aromatic heterocycles. The Balaban J connectivity index is 2.02. The topological polar surface area (TPSA) is 121 Å². The van der Waals surface area contributed by atoms with Gasteiger partial charge in [0.2, 0.25) is 0 Å². The lowest BCUT2D eigenvalue weighted by Gasteiger charge is -2.15. The highest BCUT2D eigenvalue weighted by molar-refractivity contribution is 7.13. The zero-order valence-electron chi connectivity index (χ0n) is 10.0. The Hall–Kier alpha value is -1.26. The zero-order valence-corrected chi connectivity index (χ0v) is 10.8. The minimum Gasteiger partial charge on any atom is -0.464 e. The number of carbonyl (C=O) groups is 1. The maximum Gasteiger partial charge on any atom is 0.357 e. The summed E-state index contributed by atoms with van der Waals surface area (Å²) >= 11 is 1.13. The third kappa shape index (κ3) is 2.85. The number of nitrogens with zero attached hydrogens (tertiary/aromatic N) is 1. The van der Waals surface area contributed by atoms with E-state index in [0.29, 0.717) is 5.13 Å². The van der Waals surface area contributed by atoms with E-state index in [4.69, 9.17) is 9.84 Å². The number of aliphatic hydroxyl groups is 3. The average Bonchev–Trinajstić information content (AvgIpc) is 2.98. The van der Waals surface area contributed by atoms with Crippen LogP contribution >= 0.6 is 11.3 Å². The summed E-state index contributed by atoms with van der Waals surface area (Å²) in [6.45, 7) is -0.401. The third-order valence-electron chi connectivity index (χ3n) is 2.71. The summed E-state index contributed by atoms with van der Waals surface area (Å²) in [6, 6.07) is 0. The van der Waals surface area contributed by atoms with Crippen LogP contribution in [0.1, 0.15) is 10.5 Å². The highest BCUT2D eigenvalue weighted by Crippen LogP contribution is 2.24. The molecule has 0 bridgehead atoms. The number of anilines is 1. The fourth-order valence-electron chi connectivity index (χ4n) is 1.68. The summed E-state index contributed by atoms with van der Waals surface area (Å²) < 4.78 is 9.74. The predicted molar refractivity (Wildman–Crippen MR) is 64.8 cm³/mol. The molecular formula is C10H14N2O6S. The van der Waals surface area contributed by atoms with Gasteiger partial charge in [-0.25, -0.2) is 9.78 Å². The van der Waals surface area contributed by atoms with E-state index in [1.807, 2.05) is 0 Å². The molecule has 2 heterocycles. The molecule has 9 heteroatoms. The Morgan fingerprint density at radius 3 is 2.89 bits per heavy atom. The molecule has 0 saturated carbocycles. The lowest BCUT2D eigenvalue weighted by Crippen LogP contribution is -2.36. The fourth-order valence-corrected chi connectivity index (χ4v) is 2.39. The first-order valence-corrected chi connectivity index (χ1v) is 6.37. The summed E-state index contributed by atoms with van der Waals surface area (Å²) in [6.07, 6.45) is -4.12. The predicted octanol–water partition coefficient (Wildman–Crippen LogP) is -1.22. The smallest absolute Gasteiger partial charge is 0.357 e. The number of nitrogens with one attached hydrogen (secondary N) is 1. The van der Waals surface area contributed by atoms with Crippen molar-refractivity contribution in [3.8, 4) is 0 Å². The third-order valence-corrected chi connectivity index (χ3v) is 3.48. The molecule has 1 aliphatic heterocycles. The largest absolute Gasteiger partial charge is 0.464 e. The van der Waals surface area contributed by atoms with Crippen LogP contribution in [-0.2, 0) is 9.47 Å². The molecule has 1 aromatic rings. The Morgan fingerprint density at radius 1 is 1.58 bits per heavy atom. The summed E-state index contributed by atoms with van der Waals surface area (Å²) in [5, 5.41) is 32.8. The molecule has 1 aliphatic rings. The van der Waals surface area contributed by atoms with Crippen LogP contribution in [0.5, 0.6) is 0 Å².